The van der Waals surface area contributed by atoms with Crippen molar-refractivity contribution in [1.82, 2.24) is 0 Å². The topological polar surface area (TPSA) is 40.5 Å². The molecule has 0 aromatic carbocycles. The van der Waals surface area contributed by atoms with Gasteiger partial charge in [-0.1, -0.05) is 129 Å². The van der Waals surface area contributed by atoms with Crippen molar-refractivity contribution in [2.45, 2.75) is 129 Å². The fourth-order valence-corrected chi connectivity index (χ4v) is 2.97. The minimum absolute atomic E-state index is 0.125. The number of hydrogen-bond acceptors (Lipinski definition) is 2. The Labute approximate surface area is 153 Å². The molecule has 0 aliphatic rings. The van der Waals surface area contributed by atoms with Crippen molar-refractivity contribution < 1.29 is 10.2 Å². The molecule has 148 valence electrons. The number of unbranched alkanes of at least 4 members (excludes halogenated alkanes) is 17. The van der Waals surface area contributed by atoms with Gasteiger partial charge >= 0.3 is 0 Å². The zero-order chi connectivity index (χ0) is 18.1. The number of rotatable bonds is 18. The van der Waals surface area contributed by atoms with E-state index in [2.05, 4.69) is 13.8 Å². The van der Waals surface area contributed by atoms with Gasteiger partial charge in [0.2, 0.25) is 0 Å². The fourth-order valence-electron chi connectivity index (χ4n) is 2.97. The third-order valence-corrected chi connectivity index (χ3v) is 4.56. The van der Waals surface area contributed by atoms with Crippen molar-refractivity contribution in [3.8, 4) is 0 Å². The Morgan fingerprint density at radius 2 is 0.500 bits per heavy atom. The van der Waals surface area contributed by atoms with Gasteiger partial charge in [-0.2, -0.15) is 0 Å². The highest BCUT2D eigenvalue weighted by Gasteiger charge is 1.94. The Bertz CT molecular complexity index is 163. The summed E-state index contributed by atoms with van der Waals surface area (Å²) < 4.78 is 0. The second-order valence-corrected chi connectivity index (χ2v) is 7.10. The molecule has 0 saturated heterocycles. The number of hydrogen-bond donors (Lipinski definition) is 2. The Kier molecular flexibility index (Phi) is 30.2. The summed E-state index contributed by atoms with van der Waals surface area (Å²) in [5, 5.41) is 15.2. The minimum atomic E-state index is -0.125. The summed E-state index contributed by atoms with van der Waals surface area (Å²) in [6.45, 7) is 4.34. The summed E-state index contributed by atoms with van der Waals surface area (Å²) in [4.78, 5) is 0. The Hall–Kier alpha value is -0.0800. The maximum atomic E-state index is 7.62. The van der Waals surface area contributed by atoms with Gasteiger partial charge in [0, 0.05) is 0 Å². The molecule has 0 saturated carbocycles. The molecule has 0 heterocycles. The predicted molar refractivity (Wildman–Crippen MR) is 109 cm³/mol. The van der Waals surface area contributed by atoms with Crippen molar-refractivity contribution >= 4 is 0 Å². The van der Waals surface area contributed by atoms with Gasteiger partial charge in [-0.15, -0.1) is 0 Å². The van der Waals surface area contributed by atoms with E-state index in [0.29, 0.717) is 0 Å². The highest BCUT2D eigenvalue weighted by atomic mass is 16.3. The first-order valence-electron chi connectivity index (χ1n) is 11.0. The molecule has 0 rings (SSSR count). The van der Waals surface area contributed by atoms with E-state index in [9.17, 15) is 0 Å². The minimum Gasteiger partial charge on any atom is -0.394 e. The van der Waals surface area contributed by atoms with Crippen LogP contribution in [-0.4, -0.2) is 23.4 Å². The standard InChI is InChI=1S/C20H42.C2H6O2/c1-3-5-7-9-11-13-15-17-19-20-18-16-14-12-10-8-6-4-2;3-1-2-4/h3-20H2,1-2H3;3-4H,1-2H2. The third kappa shape index (κ3) is 29.9. The lowest BCUT2D eigenvalue weighted by Crippen LogP contribution is -1.85. The second kappa shape index (κ2) is 27.8. The van der Waals surface area contributed by atoms with Gasteiger partial charge in [0.05, 0.1) is 13.2 Å². The number of aliphatic hydroxyl groups is 2. The molecule has 0 radical (unpaired) electrons. The van der Waals surface area contributed by atoms with Crippen LogP contribution in [-0.2, 0) is 0 Å². The average Bonchev–Trinajstić information content (AvgIpc) is 2.61. The van der Waals surface area contributed by atoms with E-state index < -0.39 is 0 Å². The van der Waals surface area contributed by atoms with Crippen LogP contribution in [0.2, 0.25) is 0 Å². The molecular formula is C22H48O2. The monoisotopic (exact) mass is 344 g/mol. The summed E-state index contributed by atoms with van der Waals surface area (Å²) in [5.41, 5.74) is 0. The Morgan fingerprint density at radius 1 is 0.333 bits per heavy atom. The molecule has 2 nitrogen and oxygen atoms in total. The molecule has 0 aliphatic heterocycles. The smallest absolute Gasteiger partial charge is 0.0662 e. The predicted octanol–water partition coefficient (Wildman–Crippen LogP) is 7.02. The lowest BCUT2D eigenvalue weighted by atomic mass is 10.0. The summed E-state index contributed by atoms with van der Waals surface area (Å²) in [6.07, 6.45) is 26.4. The molecule has 2 N–H and O–H groups in total. The molecule has 0 aromatic rings. The normalized spacial score (nSPS) is 10.5. The van der Waals surface area contributed by atoms with Gasteiger partial charge in [0.15, 0.2) is 0 Å². The molecule has 0 bridgehead atoms. The average molecular weight is 345 g/mol. The van der Waals surface area contributed by atoms with Gasteiger partial charge in [0.1, 0.15) is 0 Å². The molecule has 0 aromatic heterocycles. The van der Waals surface area contributed by atoms with Crippen molar-refractivity contribution in [2.75, 3.05) is 13.2 Å². The molecule has 0 unspecified atom stereocenters. The zero-order valence-corrected chi connectivity index (χ0v) is 17.0. The molecular weight excluding hydrogens is 296 g/mol. The molecule has 0 amide bonds. The van der Waals surface area contributed by atoms with Crippen molar-refractivity contribution in [3.05, 3.63) is 0 Å². The van der Waals surface area contributed by atoms with Gasteiger partial charge in [-0.25, -0.2) is 0 Å². The zero-order valence-electron chi connectivity index (χ0n) is 17.0. The maximum Gasteiger partial charge on any atom is 0.0662 e. The maximum absolute atomic E-state index is 7.62. The second-order valence-electron chi connectivity index (χ2n) is 7.10. The van der Waals surface area contributed by atoms with Crippen molar-refractivity contribution in [1.29, 1.82) is 0 Å². The quantitative estimate of drug-likeness (QED) is 0.262. The highest BCUT2D eigenvalue weighted by molar-refractivity contribution is 4.49. The fraction of sp³-hybridized carbons (Fsp3) is 1.00. The van der Waals surface area contributed by atoms with E-state index in [1.807, 2.05) is 0 Å². The lowest BCUT2D eigenvalue weighted by molar-refractivity contribution is 0.186. The highest BCUT2D eigenvalue weighted by Crippen LogP contribution is 2.14. The molecule has 0 aliphatic carbocycles. The van der Waals surface area contributed by atoms with Crippen LogP contribution in [0.25, 0.3) is 0 Å². The third-order valence-electron chi connectivity index (χ3n) is 4.56. The lowest BCUT2D eigenvalue weighted by Gasteiger charge is -2.03. The van der Waals surface area contributed by atoms with Gasteiger partial charge in [0.25, 0.3) is 0 Å². The SMILES string of the molecule is CCCCCCCCCCCCCCCCCCCC.OCCO. The van der Waals surface area contributed by atoms with E-state index in [1.54, 1.807) is 0 Å². The molecule has 2 heteroatoms. The van der Waals surface area contributed by atoms with Crippen LogP contribution in [0.15, 0.2) is 0 Å². The van der Waals surface area contributed by atoms with Crippen LogP contribution in [0.4, 0.5) is 0 Å². The molecule has 0 spiro atoms. The van der Waals surface area contributed by atoms with Gasteiger partial charge < -0.3 is 10.2 Å². The summed E-state index contributed by atoms with van der Waals surface area (Å²) in [7, 11) is 0. The van der Waals surface area contributed by atoms with Gasteiger partial charge in [-0.3, -0.25) is 0 Å². The molecule has 0 fully saturated rings. The van der Waals surface area contributed by atoms with Gasteiger partial charge in [-0.05, 0) is 0 Å². The van der Waals surface area contributed by atoms with E-state index in [0.717, 1.165) is 0 Å². The number of aliphatic hydroxyl groups excluding tert-OH is 2. The van der Waals surface area contributed by atoms with Crippen LogP contribution in [0.5, 0.6) is 0 Å². The van der Waals surface area contributed by atoms with E-state index in [4.69, 9.17) is 10.2 Å². The van der Waals surface area contributed by atoms with E-state index in [-0.39, 0.29) is 13.2 Å². The van der Waals surface area contributed by atoms with Crippen LogP contribution >= 0.6 is 0 Å². The summed E-state index contributed by atoms with van der Waals surface area (Å²) >= 11 is 0. The molecule has 24 heavy (non-hydrogen) atoms. The van der Waals surface area contributed by atoms with Crippen LogP contribution in [0.3, 0.4) is 0 Å². The van der Waals surface area contributed by atoms with Crippen molar-refractivity contribution in [2.24, 2.45) is 0 Å². The summed E-state index contributed by atoms with van der Waals surface area (Å²) in [5.74, 6) is 0. The van der Waals surface area contributed by atoms with Crippen LogP contribution < -0.4 is 0 Å². The first-order chi connectivity index (χ1) is 11.8. The van der Waals surface area contributed by atoms with Crippen LogP contribution in [0.1, 0.15) is 129 Å². The summed E-state index contributed by atoms with van der Waals surface area (Å²) in [6, 6.07) is 0. The first-order valence-corrected chi connectivity index (χ1v) is 11.0. The van der Waals surface area contributed by atoms with Crippen molar-refractivity contribution in [3.63, 3.8) is 0 Å². The Balaban J connectivity index is 0. The van der Waals surface area contributed by atoms with E-state index >= 15 is 0 Å². The first kappa shape index (κ1) is 26.2. The molecule has 0 atom stereocenters. The Morgan fingerprint density at radius 3 is 0.625 bits per heavy atom. The largest absolute Gasteiger partial charge is 0.394 e. The van der Waals surface area contributed by atoms with E-state index in [1.165, 1.54) is 116 Å². The van der Waals surface area contributed by atoms with Crippen LogP contribution in [0, 0.1) is 0 Å².